The van der Waals surface area contributed by atoms with Crippen molar-refractivity contribution in [2.75, 3.05) is 6.61 Å². The fraction of sp³-hybridized carbons (Fsp3) is 0.375. The lowest BCUT2D eigenvalue weighted by atomic mass is 9.89. The molecule has 2 nitrogen and oxygen atoms in total. The molecular weight excluding hydrogens is 300 g/mol. The Balaban J connectivity index is 2.04. The van der Waals surface area contributed by atoms with Crippen molar-refractivity contribution in [2.45, 2.75) is 25.6 Å². The van der Waals surface area contributed by atoms with Crippen LogP contribution in [0.25, 0.3) is 0 Å². The van der Waals surface area contributed by atoms with Crippen LogP contribution in [0.1, 0.15) is 23.7 Å². The minimum Gasteiger partial charge on any atom is -0.481 e. The maximum atomic E-state index is 13.9. The van der Waals surface area contributed by atoms with Crippen LogP contribution in [0.4, 0.5) is 17.6 Å². The Labute approximate surface area is 125 Å². The molecule has 0 radical (unpaired) electrons. The number of alkyl halides is 3. The number of hydrogen-bond acceptors (Lipinski definition) is 2. The summed E-state index contributed by atoms with van der Waals surface area (Å²) in [5.41, 5.74) is 1.60. The fourth-order valence-corrected chi connectivity index (χ4v) is 2.28. The van der Waals surface area contributed by atoms with Gasteiger partial charge in [0.15, 0.2) is 12.4 Å². The average molecular weight is 316 g/mol. The molecule has 1 aromatic carbocycles. The number of ether oxygens (including phenoxy) is 1. The van der Waals surface area contributed by atoms with Crippen molar-refractivity contribution in [1.29, 1.82) is 0 Å². The Hall–Kier alpha value is -1.82. The fourth-order valence-electron chi connectivity index (χ4n) is 2.28. The van der Waals surface area contributed by atoms with Crippen molar-refractivity contribution < 1.29 is 27.4 Å². The quantitative estimate of drug-likeness (QED) is 0.836. The summed E-state index contributed by atoms with van der Waals surface area (Å²) in [6.07, 6.45) is -3.01. The first-order valence-corrected chi connectivity index (χ1v) is 6.77. The summed E-state index contributed by atoms with van der Waals surface area (Å²) >= 11 is 0. The van der Waals surface area contributed by atoms with Gasteiger partial charge in [-0.25, -0.2) is 4.39 Å². The van der Waals surface area contributed by atoms with Gasteiger partial charge in [0.05, 0.1) is 6.10 Å². The summed E-state index contributed by atoms with van der Waals surface area (Å²) in [6, 6.07) is 7.17. The second-order valence-corrected chi connectivity index (χ2v) is 5.26. The molecule has 0 saturated carbocycles. The van der Waals surface area contributed by atoms with Crippen LogP contribution in [0.5, 0.6) is 0 Å². The van der Waals surface area contributed by atoms with E-state index < -0.39 is 36.4 Å². The number of aryl methyl sites for hydroxylation is 1. The zero-order valence-electron chi connectivity index (χ0n) is 11.9. The van der Waals surface area contributed by atoms with E-state index in [0.29, 0.717) is 5.56 Å². The molecule has 2 atom stereocenters. The molecule has 0 bridgehead atoms. The van der Waals surface area contributed by atoms with Gasteiger partial charge >= 0.3 is 6.18 Å². The SMILES string of the molecule is Cc1cccc(C(O)C2C=CC(OCC(F)(F)F)=C(F)C2)c1. The Kier molecular flexibility index (Phi) is 4.90. The summed E-state index contributed by atoms with van der Waals surface area (Å²) in [5.74, 6) is -1.76. The van der Waals surface area contributed by atoms with E-state index in [2.05, 4.69) is 4.74 Å². The molecule has 0 heterocycles. The molecule has 6 heteroatoms. The summed E-state index contributed by atoms with van der Waals surface area (Å²) < 4.78 is 54.5. The average Bonchev–Trinajstić information content (AvgIpc) is 2.44. The first kappa shape index (κ1) is 16.5. The molecule has 0 fully saturated rings. The molecule has 0 aliphatic heterocycles. The number of rotatable bonds is 4. The molecule has 0 saturated heterocycles. The third-order valence-corrected chi connectivity index (χ3v) is 3.36. The molecule has 1 aromatic rings. The topological polar surface area (TPSA) is 29.5 Å². The van der Waals surface area contributed by atoms with E-state index in [4.69, 9.17) is 0 Å². The number of hydrogen-bond donors (Lipinski definition) is 1. The third kappa shape index (κ3) is 4.34. The second-order valence-electron chi connectivity index (χ2n) is 5.26. The minimum atomic E-state index is -4.51. The molecule has 1 N–H and O–H groups in total. The van der Waals surface area contributed by atoms with Gasteiger partial charge in [0.25, 0.3) is 0 Å². The number of allylic oxidation sites excluding steroid dienone is 2. The van der Waals surface area contributed by atoms with Gasteiger partial charge in [0.1, 0.15) is 5.83 Å². The van der Waals surface area contributed by atoms with Crippen molar-refractivity contribution in [3.63, 3.8) is 0 Å². The Bertz CT molecular complexity index is 590. The van der Waals surface area contributed by atoms with Crippen molar-refractivity contribution in [3.05, 3.63) is 59.1 Å². The van der Waals surface area contributed by atoms with Gasteiger partial charge in [-0.1, -0.05) is 35.9 Å². The first-order valence-electron chi connectivity index (χ1n) is 6.77. The molecule has 1 aliphatic carbocycles. The number of aliphatic hydroxyl groups excluding tert-OH is 1. The van der Waals surface area contributed by atoms with Gasteiger partial charge in [0.2, 0.25) is 0 Å². The number of halogens is 4. The van der Waals surface area contributed by atoms with Crippen LogP contribution >= 0.6 is 0 Å². The summed E-state index contributed by atoms with van der Waals surface area (Å²) in [7, 11) is 0. The molecule has 2 unspecified atom stereocenters. The lowest BCUT2D eigenvalue weighted by Gasteiger charge is -2.24. The number of aliphatic hydroxyl groups is 1. The molecule has 2 rings (SSSR count). The minimum absolute atomic E-state index is 0.196. The Morgan fingerprint density at radius 3 is 2.68 bits per heavy atom. The van der Waals surface area contributed by atoms with Gasteiger partial charge in [-0.3, -0.25) is 0 Å². The van der Waals surface area contributed by atoms with Crippen LogP contribution in [-0.2, 0) is 4.74 Å². The molecular formula is C16H16F4O2. The highest BCUT2D eigenvalue weighted by Gasteiger charge is 2.31. The van der Waals surface area contributed by atoms with E-state index in [-0.39, 0.29) is 6.42 Å². The highest BCUT2D eigenvalue weighted by atomic mass is 19.4. The van der Waals surface area contributed by atoms with Gasteiger partial charge in [-0.05, 0) is 18.6 Å². The third-order valence-electron chi connectivity index (χ3n) is 3.36. The maximum absolute atomic E-state index is 13.9. The van der Waals surface area contributed by atoms with Crippen LogP contribution in [-0.4, -0.2) is 17.9 Å². The zero-order valence-corrected chi connectivity index (χ0v) is 11.9. The molecule has 0 aromatic heterocycles. The van der Waals surface area contributed by atoms with Crippen molar-refractivity contribution in [2.24, 2.45) is 5.92 Å². The second kappa shape index (κ2) is 6.52. The molecule has 120 valence electrons. The van der Waals surface area contributed by atoms with E-state index in [0.717, 1.165) is 11.6 Å². The van der Waals surface area contributed by atoms with Crippen LogP contribution < -0.4 is 0 Å². The van der Waals surface area contributed by atoms with E-state index in [1.807, 2.05) is 13.0 Å². The summed E-state index contributed by atoms with van der Waals surface area (Å²) in [4.78, 5) is 0. The Morgan fingerprint density at radius 2 is 2.09 bits per heavy atom. The van der Waals surface area contributed by atoms with Crippen LogP contribution in [0, 0.1) is 12.8 Å². The van der Waals surface area contributed by atoms with E-state index in [1.54, 1.807) is 18.2 Å². The summed E-state index contributed by atoms with van der Waals surface area (Å²) in [5, 5.41) is 10.3. The smallest absolute Gasteiger partial charge is 0.422 e. The standard InChI is InChI=1S/C16H16F4O2/c1-10-3-2-4-11(7-10)15(21)12-5-6-14(13(17)8-12)22-9-16(18,19)20/h2-7,12,15,21H,8-9H2,1H3. The monoisotopic (exact) mass is 316 g/mol. The van der Waals surface area contributed by atoms with Crippen molar-refractivity contribution >= 4 is 0 Å². The van der Waals surface area contributed by atoms with E-state index >= 15 is 0 Å². The van der Waals surface area contributed by atoms with E-state index in [1.165, 1.54) is 6.08 Å². The normalized spacial score (nSPS) is 20.2. The zero-order chi connectivity index (χ0) is 16.3. The predicted molar refractivity (Wildman–Crippen MR) is 73.5 cm³/mol. The van der Waals surface area contributed by atoms with Crippen molar-refractivity contribution in [3.8, 4) is 0 Å². The lowest BCUT2D eigenvalue weighted by Crippen LogP contribution is -2.19. The highest BCUT2D eigenvalue weighted by Crippen LogP contribution is 2.34. The van der Waals surface area contributed by atoms with Crippen LogP contribution in [0.15, 0.2) is 48.0 Å². The van der Waals surface area contributed by atoms with Gasteiger partial charge in [-0.2, -0.15) is 13.2 Å². The molecule has 1 aliphatic rings. The first-order chi connectivity index (χ1) is 10.3. The van der Waals surface area contributed by atoms with E-state index in [9.17, 15) is 22.7 Å². The lowest BCUT2D eigenvalue weighted by molar-refractivity contribution is -0.164. The summed E-state index contributed by atoms with van der Waals surface area (Å²) in [6.45, 7) is 0.335. The maximum Gasteiger partial charge on any atom is 0.422 e. The predicted octanol–water partition coefficient (Wildman–Crippen LogP) is 4.36. The van der Waals surface area contributed by atoms with Gasteiger partial charge in [-0.15, -0.1) is 0 Å². The highest BCUT2D eigenvalue weighted by molar-refractivity contribution is 5.29. The molecule has 22 heavy (non-hydrogen) atoms. The largest absolute Gasteiger partial charge is 0.481 e. The van der Waals surface area contributed by atoms with Gasteiger partial charge < -0.3 is 9.84 Å². The number of benzene rings is 1. The van der Waals surface area contributed by atoms with Crippen LogP contribution in [0.2, 0.25) is 0 Å². The Morgan fingerprint density at radius 1 is 1.36 bits per heavy atom. The van der Waals surface area contributed by atoms with Gasteiger partial charge in [0, 0.05) is 12.3 Å². The van der Waals surface area contributed by atoms with Crippen molar-refractivity contribution in [1.82, 2.24) is 0 Å². The molecule has 0 spiro atoms. The van der Waals surface area contributed by atoms with Crippen LogP contribution in [0.3, 0.4) is 0 Å². The molecule has 0 amide bonds.